The van der Waals surface area contributed by atoms with E-state index in [4.69, 9.17) is 5.73 Å². The van der Waals surface area contributed by atoms with Crippen LogP contribution in [0, 0.1) is 13.8 Å². The summed E-state index contributed by atoms with van der Waals surface area (Å²) in [4.78, 5) is 7.46. The van der Waals surface area contributed by atoms with Crippen molar-refractivity contribution >= 4 is 5.69 Å². The maximum Gasteiger partial charge on any atom is 0.140 e. The summed E-state index contributed by atoms with van der Waals surface area (Å²) in [6, 6.07) is 4.83. The molecule has 4 nitrogen and oxygen atoms in total. The van der Waals surface area contributed by atoms with Crippen LogP contribution in [0.25, 0.3) is 11.4 Å². The molecule has 0 spiro atoms. The van der Waals surface area contributed by atoms with Crippen molar-refractivity contribution in [1.82, 2.24) is 9.97 Å². The smallest absolute Gasteiger partial charge is 0.140 e. The molecule has 0 atom stereocenters. The maximum absolute atomic E-state index is 9.38. The lowest BCUT2D eigenvalue weighted by Gasteiger charge is -2.02. The van der Waals surface area contributed by atoms with Crippen LogP contribution in [0.4, 0.5) is 5.69 Å². The minimum Gasteiger partial charge on any atom is -0.508 e. The van der Waals surface area contributed by atoms with Crippen LogP contribution in [0.3, 0.4) is 0 Å². The average molecular weight is 203 g/mol. The van der Waals surface area contributed by atoms with E-state index in [1.807, 2.05) is 13.8 Å². The molecule has 78 valence electrons. The standard InChI is InChI=1S/C11H13N3O/c1-6-7(2)14-11(13-6)9-5-8(15)3-4-10(9)12/h3-5,15H,12H2,1-2H3,(H,13,14). The highest BCUT2D eigenvalue weighted by Gasteiger charge is 2.08. The van der Waals surface area contributed by atoms with Crippen LogP contribution in [0.15, 0.2) is 18.2 Å². The molecule has 4 heteroatoms. The largest absolute Gasteiger partial charge is 0.508 e. The van der Waals surface area contributed by atoms with Gasteiger partial charge in [0.2, 0.25) is 0 Å². The fourth-order valence-corrected chi connectivity index (χ4v) is 1.42. The topological polar surface area (TPSA) is 74.9 Å². The highest BCUT2D eigenvalue weighted by molar-refractivity contribution is 5.73. The lowest BCUT2D eigenvalue weighted by Crippen LogP contribution is -1.91. The molecule has 0 saturated heterocycles. The van der Waals surface area contributed by atoms with Crippen molar-refractivity contribution in [2.45, 2.75) is 13.8 Å². The van der Waals surface area contributed by atoms with Crippen molar-refractivity contribution in [3.63, 3.8) is 0 Å². The predicted molar refractivity (Wildman–Crippen MR) is 59.6 cm³/mol. The number of nitrogens with one attached hydrogen (secondary N) is 1. The van der Waals surface area contributed by atoms with Gasteiger partial charge in [-0.15, -0.1) is 0 Å². The van der Waals surface area contributed by atoms with Gasteiger partial charge in [0, 0.05) is 16.9 Å². The highest BCUT2D eigenvalue weighted by Crippen LogP contribution is 2.27. The molecule has 0 amide bonds. The molecule has 1 heterocycles. The molecule has 0 fully saturated rings. The molecule has 2 rings (SSSR count). The predicted octanol–water partition coefficient (Wildman–Crippen LogP) is 1.98. The van der Waals surface area contributed by atoms with Crippen LogP contribution in [0.2, 0.25) is 0 Å². The number of benzene rings is 1. The van der Waals surface area contributed by atoms with Gasteiger partial charge in [-0.3, -0.25) is 0 Å². The van der Waals surface area contributed by atoms with Crippen LogP contribution in [-0.4, -0.2) is 15.1 Å². The lowest BCUT2D eigenvalue weighted by molar-refractivity contribution is 0.475. The van der Waals surface area contributed by atoms with E-state index in [2.05, 4.69) is 9.97 Å². The van der Waals surface area contributed by atoms with Gasteiger partial charge in [0.15, 0.2) is 0 Å². The van der Waals surface area contributed by atoms with E-state index in [1.54, 1.807) is 18.2 Å². The molecule has 0 aliphatic carbocycles. The van der Waals surface area contributed by atoms with Crippen molar-refractivity contribution < 1.29 is 5.11 Å². The number of hydrogen-bond donors (Lipinski definition) is 3. The van der Waals surface area contributed by atoms with Crippen molar-refractivity contribution in [3.8, 4) is 17.1 Å². The molecule has 4 N–H and O–H groups in total. The minimum atomic E-state index is 0.186. The molecule has 0 radical (unpaired) electrons. The number of nitrogen functional groups attached to an aromatic ring is 1. The van der Waals surface area contributed by atoms with E-state index in [0.29, 0.717) is 11.5 Å². The molecular weight excluding hydrogens is 190 g/mol. The molecule has 15 heavy (non-hydrogen) atoms. The number of phenolic OH excluding ortho intramolecular Hbond substituents is 1. The van der Waals surface area contributed by atoms with Gasteiger partial charge < -0.3 is 15.8 Å². The number of aromatic hydroxyl groups is 1. The van der Waals surface area contributed by atoms with Crippen LogP contribution in [-0.2, 0) is 0 Å². The molecule has 0 bridgehead atoms. The molecule has 1 aromatic carbocycles. The van der Waals surface area contributed by atoms with Gasteiger partial charge >= 0.3 is 0 Å². The SMILES string of the molecule is Cc1nc(-c2cc(O)ccc2N)[nH]c1C. The van der Waals surface area contributed by atoms with Crippen molar-refractivity contribution in [2.24, 2.45) is 0 Å². The number of aromatic amines is 1. The molecule has 0 aliphatic rings. The summed E-state index contributed by atoms with van der Waals surface area (Å²) >= 11 is 0. The molecular formula is C11H13N3O. The quantitative estimate of drug-likeness (QED) is 0.490. The van der Waals surface area contributed by atoms with Gasteiger partial charge in [-0.25, -0.2) is 4.98 Å². The van der Waals surface area contributed by atoms with E-state index in [9.17, 15) is 5.11 Å². The minimum absolute atomic E-state index is 0.186. The number of aromatic nitrogens is 2. The first kappa shape index (κ1) is 9.58. The third-order valence-corrected chi connectivity index (χ3v) is 2.42. The zero-order valence-electron chi connectivity index (χ0n) is 8.70. The Kier molecular flexibility index (Phi) is 2.11. The third-order valence-electron chi connectivity index (χ3n) is 2.42. The number of anilines is 1. The molecule has 1 aromatic heterocycles. The molecule has 0 unspecified atom stereocenters. The number of H-pyrrole nitrogens is 1. The number of hydrogen-bond acceptors (Lipinski definition) is 3. The summed E-state index contributed by atoms with van der Waals surface area (Å²) in [5, 5.41) is 9.38. The summed E-state index contributed by atoms with van der Waals surface area (Å²) in [6.07, 6.45) is 0. The maximum atomic E-state index is 9.38. The van der Waals surface area contributed by atoms with E-state index in [1.165, 1.54) is 0 Å². The Morgan fingerprint density at radius 3 is 2.67 bits per heavy atom. The van der Waals surface area contributed by atoms with Gasteiger partial charge in [-0.1, -0.05) is 0 Å². The van der Waals surface area contributed by atoms with E-state index in [0.717, 1.165) is 17.0 Å². The highest BCUT2D eigenvalue weighted by atomic mass is 16.3. The van der Waals surface area contributed by atoms with E-state index < -0.39 is 0 Å². The van der Waals surface area contributed by atoms with Gasteiger partial charge in [0.1, 0.15) is 11.6 Å². The van der Waals surface area contributed by atoms with Gasteiger partial charge in [0.25, 0.3) is 0 Å². The van der Waals surface area contributed by atoms with Crippen LogP contribution >= 0.6 is 0 Å². The van der Waals surface area contributed by atoms with E-state index >= 15 is 0 Å². The Balaban J connectivity index is 2.58. The normalized spacial score (nSPS) is 10.5. The third kappa shape index (κ3) is 1.66. The van der Waals surface area contributed by atoms with Crippen molar-refractivity contribution in [3.05, 3.63) is 29.6 Å². The zero-order valence-corrected chi connectivity index (χ0v) is 8.70. The number of nitrogens with zero attached hydrogens (tertiary/aromatic N) is 1. The zero-order chi connectivity index (χ0) is 11.0. The molecule has 2 aromatic rings. The first-order valence-electron chi connectivity index (χ1n) is 4.70. The Labute approximate surface area is 87.8 Å². The summed E-state index contributed by atoms with van der Waals surface area (Å²) in [7, 11) is 0. The average Bonchev–Trinajstić information content (AvgIpc) is 2.51. The van der Waals surface area contributed by atoms with Gasteiger partial charge in [0.05, 0.1) is 5.69 Å². The fraction of sp³-hybridized carbons (Fsp3) is 0.182. The number of aryl methyl sites for hydroxylation is 2. The second-order valence-electron chi connectivity index (χ2n) is 3.57. The molecule has 0 saturated carbocycles. The summed E-state index contributed by atoms with van der Waals surface area (Å²) in [5.74, 6) is 0.879. The van der Waals surface area contributed by atoms with Gasteiger partial charge in [-0.2, -0.15) is 0 Å². The Morgan fingerprint density at radius 2 is 2.07 bits per heavy atom. The second-order valence-corrected chi connectivity index (χ2v) is 3.57. The van der Waals surface area contributed by atoms with Gasteiger partial charge in [-0.05, 0) is 32.0 Å². The summed E-state index contributed by atoms with van der Waals surface area (Å²) in [6.45, 7) is 3.87. The van der Waals surface area contributed by atoms with E-state index in [-0.39, 0.29) is 5.75 Å². The lowest BCUT2D eigenvalue weighted by atomic mass is 10.1. The first-order chi connectivity index (χ1) is 7.08. The van der Waals surface area contributed by atoms with Crippen molar-refractivity contribution in [2.75, 3.05) is 5.73 Å². The Hall–Kier alpha value is -1.97. The number of imidazole rings is 1. The number of rotatable bonds is 1. The summed E-state index contributed by atoms with van der Waals surface area (Å²) < 4.78 is 0. The van der Waals surface area contributed by atoms with Crippen LogP contribution < -0.4 is 5.73 Å². The Bertz CT molecular complexity index is 483. The molecule has 0 aliphatic heterocycles. The second kappa shape index (κ2) is 3.31. The number of phenols is 1. The monoisotopic (exact) mass is 203 g/mol. The Morgan fingerprint density at radius 1 is 1.33 bits per heavy atom. The van der Waals surface area contributed by atoms with Crippen molar-refractivity contribution in [1.29, 1.82) is 0 Å². The van der Waals surface area contributed by atoms with Crippen LogP contribution in [0.1, 0.15) is 11.4 Å². The number of nitrogens with two attached hydrogens (primary N) is 1. The fourth-order valence-electron chi connectivity index (χ4n) is 1.42. The first-order valence-corrected chi connectivity index (χ1v) is 4.70. The van der Waals surface area contributed by atoms with Crippen LogP contribution in [0.5, 0.6) is 5.75 Å². The summed E-state index contributed by atoms with van der Waals surface area (Å²) in [5.41, 5.74) is 9.08.